The number of carbonyl (C=O) groups excluding carboxylic acids is 1. The van der Waals surface area contributed by atoms with E-state index in [1.54, 1.807) is 0 Å². The van der Waals surface area contributed by atoms with Gasteiger partial charge in [0.2, 0.25) is 0 Å². The van der Waals surface area contributed by atoms with Crippen LogP contribution in [0.25, 0.3) is 0 Å². The van der Waals surface area contributed by atoms with Gasteiger partial charge in [0.15, 0.2) is 0 Å². The minimum atomic E-state index is -0.564. The Kier molecular flexibility index (Phi) is 35.7. The Balaban J connectivity index is 3.62. The van der Waals surface area contributed by atoms with E-state index in [-0.39, 0.29) is 19.2 Å². The number of carbonyl (C=O) groups is 1. The first-order valence-corrected chi connectivity index (χ1v) is 18.2. The minimum absolute atomic E-state index is 0.197. The van der Waals surface area contributed by atoms with Crippen molar-refractivity contribution in [3.63, 3.8) is 0 Å². The third-order valence-electron chi connectivity index (χ3n) is 7.20. The highest BCUT2D eigenvalue weighted by atomic mass is 16.6. The number of unbranched alkanes of at least 4 members (excludes halogenated alkanes) is 10. The van der Waals surface area contributed by atoms with E-state index in [0.29, 0.717) is 13.0 Å². The molecule has 4 heteroatoms. The summed E-state index contributed by atoms with van der Waals surface area (Å²) < 4.78 is 11.1. The lowest BCUT2D eigenvalue weighted by Crippen LogP contribution is -2.27. The molecule has 45 heavy (non-hydrogen) atoms. The summed E-state index contributed by atoms with van der Waals surface area (Å²) in [5, 5.41) is 9.54. The average molecular weight is 625 g/mol. The fraction of sp³-hybridized carbons (Fsp3) is 0.634. The van der Waals surface area contributed by atoms with Crippen LogP contribution in [0.2, 0.25) is 0 Å². The lowest BCUT2D eigenvalue weighted by molar-refractivity contribution is -0.154. The maximum absolute atomic E-state index is 12.1. The Bertz CT molecular complexity index is 830. The molecule has 0 amide bonds. The monoisotopic (exact) mass is 625 g/mol. The molecule has 0 aromatic carbocycles. The van der Waals surface area contributed by atoms with Crippen LogP contribution in [0.15, 0.2) is 85.1 Å². The van der Waals surface area contributed by atoms with Crippen LogP contribution < -0.4 is 0 Å². The molecule has 0 radical (unpaired) electrons. The molecule has 1 atom stereocenters. The molecule has 1 N–H and O–H groups in total. The minimum Gasteiger partial charge on any atom is -0.457 e. The first kappa shape index (κ1) is 42.6. The highest BCUT2D eigenvalue weighted by Gasteiger charge is 2.13. The molecule has 0 saturated carbocycles. The van der Waals surface area contributed by atoms with Crippen molar-refractivity contribution < 1.29 is 19.4 Å². The largest absolute Gasteiger partial charge is 0.457 e. The third-order valence-corrected chi connectivity index (χ3v) is 7.20. The standard InChI is InChI=1S/C41H68O4/c1-3-5-7-9-11-13-15-17-18-19-20-21-22-23-24-25-26-28-30-32-34-36-41(43)45-40(38-42)39-44-37-35-33-31-29-27-16-14-12-10-8-6-4-2/h5,7,10-13,17-18,20-21,23-24,26,28,40,42H,3-4,6,8-9,14-16,19,22,25,27,29-39H2,1-2H3/b7-5-,12-10-,13-11-,18-17-,21-20-,24-23-,28-26-. The summed E-state index contributed by atoms with van der Waals surface area (Å²) in [5.74, 6) is -0.249. The Hall–Kier alpha value is -2.43. The summed E-state index contributed by atoms with van der Waals surface area (Å²) in [6.07, 6.45) is 51.9. The number of allylic oxidation sites excluding steroid dienone is 14. The van der Waals surface area contributed by atoms with Gasteiger partial charge in [-0.1, -0.05) is 137 Å². The molecule has 0 fully saturated rings. The second-order valence-electron chi connectivity index (χ2n) is 11.6. The van der Waals surface area contributed by atoms with Crippen molar-refractivity contribution in [2.24, 2.45) is 0 Å². The van der Waals surface area contributed by atoms with Crippen molar-refractivity contribution in [2.45, 2.75) is 148 Å². The molecule has 0 aliphatic heterocycles. The van der Waals surface area contributed by atoms with Crippen molar-refractivity contribution >= 4 is 5.97 Å². The van der Waals surface area contributed by atoms with Crippen molar-refractivity contribution in [2.75, 3.05) is 19.8 Å². The van der Waals surface area contributed by atoms with Gasteiger partial charge < -0.3 is 14.6 Å². The molecule has 0 bridgehead atoms. The maximum Gasteiger partial charge on any atom is 0.306 e. The summed E-state index contributed by atoms with van der Waals surface area (Å²) in [6, 6.07) is 0. The predicted octanol–water partition coefficient (Wildman–Crippen LogP) is 11.6. The van der Waals surface area contributed by atoms with Crippen LogP contribution in [0.1, 0.15) is 142 Å². The van der Waals surface area contributed by atoms with Gasteiger partial charge in [0, 0.05) is 13.0 Å². The molecule has 4 nitrogen and oxygen atoms in total. The van der Waals surface area contributed by atoms with Gasteiger partial charge in [-0.3, -0.25) is 4.79 Å². The van der Waals surface area contributed by atoms with E-state index in [4.69, 9.17) is 9.47 Å². The summed E-state index contributed by atoms with van der Waals surface area (Å²) in [7, 11) is 0. The molecule has 0 saturated heterocycles. The second-order valence-corrected chi connectivity index (χ2v) is 11.6. The molecular weight excluding hydrogens is 556 g/mol. The number of aliphatic hydroxyl groups is 1. The predicted molar refractivity (Wildman–Crippen MR) is 195 cm³/mol. The van der Waals surface area contributed by atoms with Gasteiger partial charge >= 0.3 is 5.97 Å². The number of hydrogen-bond acceptors (Lipinski definition) is 4. The van der Waals surface area contributed by atoms with E-state index >= 15 is 0 Å². The number of hydrogen-bond donors (Lipinski definition) is 1. The SMILES string of the molecule is CC/C=C\C/C=C\C/C=C\C/C=C\C/C=C\C/C=C\CCCCC(=O)OC(CO)COCCCCCCCC/C=C\CCCC. The third kappa shape index (κ3) is 35.9. The number of ether oxygens (including phenoxy) is 2. The van der Waals surface area contributed by atoms with Crippen LogP contribution in [0.4, 0.5) is 0 Å². The molecule has 0 aromatic rings. The molecule has 0 aliphatic carbocycles. The second kappa shape index (κ2) is 37.8. The smallest absolute Gasteiger partial charge is 0.306 e. The Morgan fingerprint density at radius 1 is 0.556 bits per heavy atom. The number of rotatable bonds is 32. The molecule has 0 rings (SSSR count). The van der Waals surface area contributed by atoms with Crippen LogP contribution in [-0.4, -0.2) is 37.0 Å². The summed E-state index contributed by atoms with van der Waals surface area (Å²) in [5.41, 5.74) is 0. The summed E-state index contributed by atoms with van der Waals surface area (Å²) in [4.78, 5) is 12.1. The lowest BCUT2D eigenvalue weighted by Gasteiger charge is -2.15. The molecule has 0 aromatic heterocycles. The number of esters is 1. The Morgan fingerprint density at radius 3 is 1.53 bits per heavy atom. The van der Waals surface area contributed by atoms with E-state index < -0.39 is 6.10 Å². The molecule has 0 aliphatic rings. The van der Waals surface area contributed by atoms with Gasteiger partial charge in [0.25, 0.3) is 0 Å². The Labute approximate surface area is 278 Å². The summed E-state index contributed by atoms with van der Waals surface area (Å²) >= 11 is 0. The van der Waals surface area contributed by atoms with Crippen LogP contribution in [0, 0.1) is 0 Å². The van der Waals surface area contributed by atoms with E-state index in [2.05, 4.69) is 98.9 Å². The fourth-order valence-electron chi connectivity index (χ4n) is 4.49. The van der Waals surface area contributed by atoms with Crippen LogP contribution in [0.3, 0.4) is 0 Å². The first-order chi connectivity index (χ1) is 22.2. The van der Waals surface area contributed by atoms with Crippen molar-refractivity contribution in [3.8, 4) is 0 Å². The average Bonchev–Trinajstić information content (AvgIpc) is 3.05. The van der Waals surface area contributed by atoms with E-state index in [9.17, 15) is 9.90 Å². The molecule has 256 valence electrons. The van der Waals surface area contributed by atoms with Gasteiger partial charge in [0.1, 0.15) is 6.10 Å². The van der Waals surface area contributed by atoms with Crippen LogP contribution >= 0.6 is 0 Å². The molecule has 1 unspecified atom stereocenters. The van der Waals surface area contributed by atoms with Crippen molar-refractivity contribution in [3.05, 3.63) is 85.1 Å². The van der Waals surface area contributed by atoms with E-state index in [1.165, 1.54) is 51.4 Å². The van der Waals surface area contributed by atoms with Crippen molar-refractivity contribution in [1.29, 1.82) is 0 Å². The van der Waals surface area contributed by atoms with Gasteiger partial charge in [-0.25, -0.2) is 0 Å². The quantitative estimate of drug-likeness (QED) is 0.0459. The van der Waals surface area contributed by atoms with Gasteiger partial charge in [-0.2, -0.15) is 0 Å². The lowest BCUT2D eigenvalue weighted by atomic mass is 10.1. The fourth-order valence-corrected chi connectivity index (χ4v) is 4.49. The zero-order valence-corrected chi connectivity index (χ0v) is 29.1. The Morgan fingerprint density at radius 2 is 1.00 bits per heavy atom. The molecular formula is C41H68O4. The maximum atomic E-state index is 12.1. The van der Waals surface area contributed by atoms with Gasteiger partial charge in [-0.05, 0) is 83.5 Å². The molecule has 0 spiro atoms. The summed E-state index contributed by atoms with van der Waals surface area (Å²) in [6.45, 7) is 5.11. The highest BCUT2D eigenvalue weighted by Crippen LogP contribution is 2.09. The van der Waals surface area contributed by atoms with Gasteiger partial charge in [0.05, 0.1) is 13.2 Å². The van der Waals surface area contributed by atoms with Gasteiger partial charge in [-0.15, -0.1) is 0 Å². The van der Waals surface area contributed by atoms with E-state index in [1.807, 2.05) is 0 Å². The van der Waals surface area contributed by atoms with E-state index in [0.717, 1.165) is 70.6 Å². The zero-order valence-electron chi connectivity index (χ0n) is 29.1. The zero-order chi connectivity index (χ0) is 32.7. The highest BCUT2D eigenvalue weighted by molar-refractivity contribution is 5.69. The van der Waals surface area contributed by atoms with Crippen LogP contribution in [0.5, 0.6) is 0 Å². The normalized spacial score (nSPS) is 13.4. The van der Waals surface area contributed by atoms with Crippen molar-refractivity contribution in [1.82, 2.24) is 0 Å². The first-order valence-electron chi connectivity index (χ1n) is 18.2. The number of aliphatic hydroxyl groups excluding tert-OH is 1. The molecule has 0 heterocycles. The van der Waals surface area contributed by atoms with Crippen LogP contribution in [-0.2, 0) is 14.3 Å². The topological polar surface area (TPSA) is 55.8 Å².